The lowest BCUT2D eigenvalue weighted by Gasteiger charge is -2.20. The Hall–Kier alpha value is -2.07. The molecule has 106 valence electrons. The monoisotopic (exact) mass is 275 g/mol. The molecule has 1 N–H and O–H groups in total. The minimum absolute atomic E-state index is 0.153. The maximum atomic E-state index is 13.9. The van der Waals surface area contributed by atoms with Crippen LogP contribution in [0.25, 0.3) is 0 Å². The molecule has 0 bridgehead atoms. The largest absolute Gasteiger partial charge is 0.497 e. The van der Waals surface area contributed by atoms with E-state index in [0.717, 1.165) is 11.3 Å². The number of ether oxygens (including phenoxy) is 1. The number of anilines is 1. The molecule has 0 radical (unpaired) electrons. The van der Waals surface area contributed by atoms with Gasteiger partial charge in [-0.2, -0.15) is 0 Å². The van der Waals surface area contributed by atoms with E-state index in [0.29, 0.717) is 17.8 Å². The summed E-state index contributed by atoms with van der Waals surface area (Å²) >= 11 is 0. The summed E-state index contributed by atoms with van der Waals surface area (Å²) in [7, 11) is 3.46. The van der Waals surface area contributed by atoms with Crippen molar-refractivity contribution in [3.05, 3.63) is 59.4 Å². The molecule has 20 heavy (non-hydrogen) atoms. The number of aliphatic hydroxyl groups excluding tert-OH is 1. The number of hydrogen-bond acceptors (Lipinski definition) is 3. The molecule has 0 aliphatic rings. The normalized spacial score (nSPS) is 10.4. The van der Waals surface area contributed by atoms with Gasteiger partial charge in [0.25, 0.3) is 0 Å². The van der Waals surface area contributed by atoms with Gasteiger partial charge < -0.3 is 14.7 Å². The summed E-state index contributed by atoms with van der Waals surface area (Å²) in [6.07, 6.45) is 0. The van der Waals surface area contributed by atoms with Gasteiger partial charge in [-0.15, -0.1) is 0 Å². The summed E-state index contributed by atoms with van der Waals surface area (Å²) in [6.45, 7) is 0.443. The van der Waals surface area contributed by atoms with Gasteiger partial charge in [-0.3, -0.25) is 0 Å². The van der Waals surface area contributed by atoms with Gasteiger partial charge in [0.15, 0.2) is 0 Å². The molecule has 2 aromatic carbocycles. The van der Waals surface area contributed by atoms with Crippen LogP contribution in [-0.4, -0.2) is 19.3 Å². The van der Waals surface area contributed by atoms with Gasteiger partial charge in [-0.25, -0.2) is 4.39 Å². The standard InChI is InChI=1S/C16H18FNO2/c1-18(10-12-3-6-14(20-2)7-4-12)16-8-5-13(11-19)9-15(16)17/h3-9,19H,10-11H2,1-2H3. The molecular formula is C16H18FNO2. The van der Waals surface area contributed by atoms with Crippen molar-refractivity contribution in [3.8, 4) is 5.75 Å². The first-order valence-corrected chi connectivity index (χ1v) is 6.37. The molecule has 0 aliphatic carbocycles. The molecule has 0 amide bonds. The van der Waals surface area contributed by atoms with Crippen LogP contribution in [0, 0.1) is 5.82 Å². The van der Waals surface area contributed by atoms with Crippen molar-refractivity contribution in [3.63, 3.8) is 0 Å². The summed E-state index contributed by atoms with van der Waals surface area (Å²) in [4.78, 5) is 1.83. The second-order valence-electron chi connectivity index (χ2n) is 4.65. The Morgan fingerprint density at radius 2 is 1.75 bits per heavy atom. The van der Waals surface area contributed by atoms with Crippen LogP contribution in [0.5, 0.6) is 5.75 Å². The Bertz CT molecular complexity index is 569. The lowest BCUT2D eigenvalue weighted by Crippen LogP contribution is -2.17. The Morgan fingerprint density at radius 3 is 2.30 bits per heavy atom. The Kier molecular flexibility index (Phi) is 4.58. The first-order chi connectivity index (χ1) is 9.63. The van der Waals surface area contributed by atoms with E-state index in [9.17, 15) is 4.39 Å². The molecule has 2 aromatic rings. The van der Waals surface area contributed by atoms with Crippen molar-refractivity contribution in [2.75, 3.05) is 19.1 Å². The summed E-state index contributed by atoms with van der Waals surface area (Å²) < 4.78 is 19.0. The predicted molar refractivity (Wildman–Crippen MR) is 77.4 cm³/mol. The Balaban J connectivity index is 2.12. The highest BCUT2D eigenvalue weighted by Crippen LogP contribution is 2.22. The number of hydrogen-bond donors (Lipinski definition) is 1. The number of aliphatic hydroxyl groups is 1. The number of benzene rings is 2. The van der Waals surface area contributed by atoms with Crippen molar-refractivity contribution in [2.45, 2.75) is 13.2 Å². The van der Waals surface area contributed by atoms with Crippen molar-refractivity contribution in [2.24, 2.45) is 0 Å². The SMILES string of the molecule is COc1ccc(CN(C)c2ccc(CO)cc2F)cc1. The third-order valence-electron chi connectivity index (χ3n) is 3.18. The highest BCUT2D eigenvalue weighted by Gasteiger charge is 2.09. The molecule has 0 aliphatic heterocycles. The van der Waals surface area contributed by atoms with Crippen molar-refractivity contribution < 1.29 is 14.2 Å². The van der Waals surface area contributed by atoms with E-state index in [2.05, 4.69) is 0 Å². The fourth-order valence-corrected chi connectivity index (χ4v) is 2.05. The van der Waals surface area contributed by atoms with Crippen LogP contribution >= 0.6 is 0 Å². The van der Waals surface area contributed by atoms with E-state index >= 15 is 0 Å². The second kappa shape index (κ2) is 6.39. The highest BCUT2D eigenvalue weighted by atomic mass is 19.1. The summed E-state index contributed by atoms with van der Waals surface area (Å²) in [6, 6.07) is 12.4. The molecule has 0 saturated carbocycles. The van der Waals surface area contributed by atoms with E-state index in [1.807, 2.05) is 36.2 Å². The van der Waals surface area contributed by atoms with Crippen LogP contribution < -0.4 is 9.64 Å². The van der Waals surface area contributed by atoms with Gasteiger partial charge in [-0.1, -0.05) is 18.2 Å². The molecule has 3 nitrogen and oxygen atoms in total. The van der Waals surface area contributed by atoms with Crippen molar-refractivity contribution in [1.82, 2.24) is 0 Å². The molecule has 0 spiro atoms. The van der Waals surface area contributed by atoms with Crippen LogP contribution in [0.2, 0.25) is 0 Å². The smallest absolute Gasteiger partial charge is 0.146 e. The van der Waals surface area contributed by atoms with Crippen LogP contribution in [0.3, 0.4) is 0 Å². The molecule has 0 saturated heterocycles. The quantitative estimate of drug-likeness (QED) is 0.910. The zero-order chi connectivity index (χ0) is 14.5. The zero-order valence-corrected chi connectivity index (χ0v) is 11.6. The van der Waals surface area contributed by atoms with Crippen molar-refractivity contribution in [1.29, 1.82) is 0 Å². The van der Waals surface area contributed by atoms with Gasteiger partial charge in [0.1, 0.15) is 11.6 Å². The fraction of sp³-hybridized carbons (Fsp3) is 0.250. The molecule has 0 atom stereocenters. The van der Waals surface area contributed by atoms with E-state index in [4.69, 9.17) is 9.84 Å². The zero-order valence-electron chi connectivity index (χ0n) is 11.6. The predicted octanol–water partition coefficient (Wildman–Crippen LogP) is 2.96. The topological polar surface area (TPSA) is 32.7 Å². The molecule has 0 aromatic heterocycles. The second-order valence-corrected chi connectivity index (χ2v) is 4.65. The number of halogens is 1. The van der Waals surface area contributed by atoms with Crippen LogP contribution in [0.15, 0.2) is 42.5 Å². The lowest BCUT2D eigenvalue weighted by molar-refractivity contribution is 0.281. The minimum atomic E-state index is -0.326. The molecule has 0 unspecified atom stereocenters. The third-order valence-corrected chi connectivity index (χ3v) is 3.18. The van der Waals surface area contributed by atoms with Crippen LogP contribution in [0.1, 0.15) is 11.1 Å². The molecular weight excluding hydrogens is 257 g/mol. The summed E-state index contributed by atoms with van der Waals surface area (Å²) in [5.41, 5.74) is 2.15. The maximum Gasteiger partial charge on any atom is 0.146 e. The van der Waals surface area contributed by atoms with Gasteiger partial charge in [0, 0.05) is 13.6 Å². The fourth-order valence-electron chi connectivity index (χ4n) is 2.05. The molecule has 4 heteroatoms. The van der Waals surface area contributed by atoms with Gasteiger partial charge in [-0.05, 0) is 35.4 Å². The maximum absolute atomic E-state index is 13.9. The Labute approximate surface area is 118 Å². The van der Waals surface area contributed by atoms with Gasteiger partial charge in [0.2, 0.25) is 0 Å². The van der Waals surface area contributed by atoms with E-state index in [1.54, 1.807) is 19.2 Å². The first-order valence-electron chi connectivity index (χ1n) is 6.37. The Morgan fingerprint density at radius 1 is 1.10 bits per heavy atom. The average Bonchev–Trinajstić information content (AvgIpc) is 2.47. The lowest BCUT2D eigenvalue weighted by atomic mass is 10.1. The van der Waals surface area contributed by atoms with E-state index < -0.39 is 0 Å². The number of rotatable bonds is 5. The van der Waals surface area contributed by atoms with Gasteiger partial charge in [0.05, 0.1) is 19.4 Å². The van der Waals surface area contributed by atoms with E-state index in [1.165, 1.54) is 6.07 Å². The van der Waals surface area contributed by atoms with E-state index in [-0.39, 0.29) is 12.4 Å². The van der Waals surface area contributed by atoms with Gasteiger partial charge >= 0.3 is 0 Å². The third kappa shape index (κ3) is 3.27. The average molecular weight is 275 g/mol. The highest BCUT2D eigenvalue weighted by molar-refractivity contribution is 5.49. The minimum Gasteiger partial charge on any atom is -0.497 e. The van der Waals surface area contributed by atoms with Crippen LogP contribution in [0.4, 0.5) is 10.1 Å². The number of nitrogens with zero attached hydrogens (tertiary/aromatic N) is 1. The van der Waals surface area contributed by atoms with Crippen molar-refractivity contribution >= 4 is 5.69 Å². The molecule has 2 rings (SSSR count). The summed E-state index contributed by atoms with van der Waals surface area (Å²) in [5, 5.41) is 8.98. The summed E-state index contributed by atoms with van der Waals surface area (Å²) in [5.74, 6) is 0.474. The molecule has 0 fully saturated rings. The first kappa shape index (κ1) is 14.3. The van der Waals surface area contributed by atoms with Crippen LogP contribution in [-0.2, 0) is 13.2 Å². The molecule has 0 heterocycles. The number of methoxy groups -OCH3 is 1.